The molecule has 0 aromatic rings. The van der Waals surface area contributed by atoms with Gasteiger partial charge in [-0.05, 0) is 88.4 Å². The summed E-state index contributed by atoms with van der Waals surface area (Å²) in [6, 6.07) is 0. The Hall–Kier alpha value is -0.750. The molecule has 200 valence electrons. The van der Waals surface area contributed by atoms with Crippen LogP contribution in [0.15, 0.2) is 11.6 Å². The number of rotatable bonds is 5. The van der Waals surface area contributed by atoms with E-state index in [9.17, 15) is 25.2 Å². The highest BCUT2D eigenvalue weighted by Crippen LogP contribution is 2.75. The number of ketones is 1. The van der Waals surface area contributed by atoms with Crippen molar-refractivity contribution in [1.82, 2.24) is 0 Å². The smallest absolute Gasteiger partial charge is 0.137 e. The van der Waals surface area contributed by atoms with Gasteiger partial charge in [-0.25, -0.2) is 0 Å². The standard InChI is InChI=1S/C30H50O5/c1-18(2)9-8-12-29(6,35)19-15-24(34)30(7)25(19)20(32)16-22-26(3)13-11-23(33)27(4,17-31)21(26)10-14-28(22,30)5/h9,19,21-25,31,33-35H,8,10-17H2,1-7H3/t19-,21+,22+,23-,24-,25-,26-,27+,28+,29-,30+/m0/s1. The summed E-state index contributed by atoms with van der Waals surface area (Å²) in [5.41, 5.74) is -1.40. The van der Waals surface area contributed by atoms with Crippen molar-refractivity contribution in [3.05, 3.63) is 11.6 Å². The van der Waals surface area contributed by atoms with Crippen LogP contribution in [-0.4, -0.2) is 50.6 Å². The minimum Gasteiger partial charge on any atom is -0.396 e. The molecular weight excluding hydrogens is 440 g/mol. The summed E-state index contributed by atoms with van der Waals surface area (Å²) in [5, 5.41) is 44.5. The number of Topliss-reactive ketones (excluding diaryl/α,β-unsaturated/α-hetero) is 1. The molecule has 0 aliphatic heterocycles. The van der Waals surface area contributed by atoms with E-state index < -0.39 is 28.6 Å². The number of carbonyl (C=O) groups is 1. The second kappa shape index (κ2) is 8.64. The van der Waals surface area contributed by atoms with E-state index in [0.29, 0.717) is 25.7 Å². The second-order valence-corrected chi connectivity index (χ2v) is 14.3. The monoisotopic (exact) mass is 490 g/mol. The predicted octanol–water partition coefficient (Wildman–Crippen LogP) is 4.65. The molecule has 4 aliphatic carbocycles. The Morgan fingerprint density at radius 1 is 1.06 bits per heavy atom. The summed E-state index contributed by atoms with van der Waals surface area (Å²) >= 11 is 0. The Balaban J connectivity index is 1.72. The van der Waals surface area contributed by atoms with Gasteiger partial charge in [-0.3, -0.25) is 4.79 Å². The number of hydrogen-bond acceptors (Lipinski definition) is 5. The molecule has 0 saturated heterocycles. The quantitative estimate of drug-likeness (QED) is 0.421. The van der Waals surface area contributed by atoms with Crippen molar-refractivity contribution in [1.29, 1.82) is 0 Å². The van der Waals surface area contributed by atoms with Crippen molar-refractivity contribution in [3.63, 3.8) is 0 Å². The number of aliphatic hydroxyl groups excluding tert-OH is 3. The molecule has 5 nitrogen and oxygen atoms in total. The first-order valence-corrected chi connectivity index (χ1v) is 13.9. The van der Waals surface area contributed by atoms with E-state index in [1.807, 2.05) is 13.8 Å². The van der Waals surface area contributed by atoms with Crippen molar-refractivity contribution < 1.29 is 25.2 Å². The van der Waals surface area contributed by atoms with Crippen LogP contribution in [0.2, 0.25) is 0 Å². The Kier molecular flexibility index (Phi) is 6.74. The molecule has 4 saturated carbocycles. The highest BCUT2D eigenvalue weighted by atomic mass is 16.3. The van der Waals surface area contributed by atoms with Crippen LogP contribution in [0.4, 0.5) is 0 Å². The molecule has 0 aromatic carbocycles. The third kappa shape index (κ3) is 3.66. The normalized spacial score (nSPS) is 51.1. The highest BCUT2D eigenvalue weighted by Gasteiger charge is 2.74. The Morgan fingerprint density at radius 3 is 2.31 bits per heavy atom. The van der Waals surface area contributed by atoms with Crippen LogP contribution in [0.25, 0.3) is 0 Å². The van der Waals surface area contributed by atoms with E-state index in [0.717, 1.165) is 25.7 Å². The van der Waals surface area contributed by atoms with Crippen LogP contribution < -0.4 is 0 Å². The maximum absolute atomic E-state index is 14.0. The average Bonchev–Trinajstić information content (AvgIpc) is 3.06. The molecule has 4 aliphatic rings. The van der Waals surface area contributed by atoms with Gasteiger partial charge in [0.05, 0.1) is 24.4 Å². The van der Waals surface area contributed by atoms with Crippen LogP contribution in [0.3, 0.4) is 0 Å². The van der Waals surface area contributed by atoms with E-state index in [2.05, 4.69) is 40.7 Å². The van der Waals surface area contributed by atoms with E-state index in [1.54, 1.807) is 0 Å². The summed E-state index contributed by atoms with van der Waals surface area (Å²) in [7, 11) is 0. The highest BCUT2D eigenvalue weighted by molar-refractivity contribution is 5.85. The summed E-state index contributed by atoms with van der Waals surface area (Å²) in [6.45, 7) is 14.6. The molecule has 0 unspecified atom stereocenters. The molecule has 0 aromatic heterocycles. The molecule has 4 rings (SSSR count). The second-order valence-electron chi connectivity index (χ2n) is 14.3. The van der Waals surface area contributed by atoms with Gasteiger partial charge in [0.25, 0.3) is 0 Å². The minimum absolute atomic E-state index is 0.0507. The summed E-state index contributed by atoms with van der Waals surface area (Å²) in [6.07, 6.45) is 6.46. The van der Waals surface area contributed by atoms with Gasteiger partial charge >= 0.3 is 0 Å². The molecule has 0 radical (unpaired) electrons. The molecule has 4 fully saturated rings. The van der Waals surface area contributed by atoms with Gasteiger partial charge in [-0.15, -0.1) is 0 Å². The van der Waals surface area contributed by atoms with Gasteiger partial charge in [0, 0.05) is 29.1 Å². The summed E-state index contributed by atoms with van der Waals surface area (Å²) < 4.78 is 0. The molecule has 11 atom stereocenters. The molecule has 5 heteroatoms. The summed E-state index contributed by atoms with van der Waals surface area (Å²) in [5.74, 6) is -0.183. The number of hydrogen-bond donors (Lipinski definition) is 4. The van der Waals surface area contributed by atoms with Crippen LogP contribution >= 0.6 is 0 Å². The van der Waals surface area contributed by atoms with Crippen molar-refractivity contribution in [2.45, 2.75) is 118 Å². The third-order valence-corrected chi connectivity index (χ3v) is 12.4. The van der Waals surface area contributed by atoms with E-state index in [-0.39, 0.29) is 46.9 Å². The van der Waals surface area contributed by atoms with Crippen molar-refractivity contribution in [2.75, 3.05) is 6.61 Å². The summed E-state index contributed by atoms with van der Waals surface area (Å²) in [4.78, 5) is 14.0. The van der Waals surface area contributed by atoms with Gasteiger partial charge in [0.1, 0.15) is 5.78 Å². The Labute approximate surface area is 212 Å². The van der Waals surface area contributed by atoms with Crippen LogP contribution in [0.1, 0.15) is 99.8 Å². The molecule has 0 heterocycles. The van der Waals surface area contributed by atoms with Gasteiger partial charge in [0.15, 0.2) is 0 Å². The van der Waals surface area contributed by atoms with Gasteiger partial charge < -0.3 is 20.4 Å². The number of aliphatic hydroxyl groups is 4. The van der Waals surface area contributed by atoms with Crippen molar-refractivity contribution in [2.24, 2.45) is 45.3 Å². The third-order valence-electron chi connectivity index (χ3n) is 12.4. The van der Waals surface area contributed by atoms with Gasteiger partial charge in [-0.2, -0.15) is 0 Å². The fraction of sp³-hybridized carbons (Fsp3) is 0.900. The van der Waals surface area contributed by atoms with Gasteiger partial charge in [0.2, 0.25) is 0 Å². The zero-order valence-corrected chi connectivity index (χ0v) is 23.1. The van der Waals surface area contributed by atoms with E-state index >= 15 is 0 Å². The minimum atomic E-state index is -1.01. The van der Waals surface area contributed by atoms with Crippen LogP contribution in [-0.2, 0) is 4.79 Å². The van der Waals surface area contributed by atoms with E-state index in [1.165, 1.54) is 5.57 Å². The zero-order chi connectivity index (χ0) is 26.2. The lowest BCUT2D eigenvalue weighted by atomic mass is 9.35. The SMILES string of the molecule is CC(C)=CCC[C@](C)(O)[C@H]1C[C@H](O)[C@]2(C)[C@@H]1C(=O)C[C@@H]1[C@@]3(C)CC[C@H](O)[C@](C)(CO)[C@@H]3CC[C@]12C. The van der Waals surface area contributed by atoms with Crippen LogP contribution in [0.5, 0.6) is 0 Å². The maximum atomic E-state index is 14.0. The largest absolute Gasteiger partial charge is 0.396 e. The lowest BCUT2D eigenvalue weighted by Gasteiger charge is -2.69. The van der Waals surface area contributed by atoms with Crippen LogP contribution in [0, 0.1) is 45.3 Å². The molecular formula is C30H50O5. The van der Waals surface area contributed by atoms with Gasteiger partial charge in [-0.1, -0.05) is 39.3 Å². The van der Waals surface area contributed by atoms with Crippen molar-refractivity contribution >= 4 is 5.78 Å². The molecule has 0 bridgehead atoms. The fourth-order valence-corrected chi connectivity index (χ4v) is 10.00. The number of carbonyl (C=O) groups excluding carboxylic acids is 1. The fourth-order valence-electron chi connectivity index (χ4n) is 10.00. The average molecular weight is 491 g/mol. The first kappa shape index (κ1) is 27.3. The lowest BCUT2D eigenvalue weighted by molar-refractivity contribution is -0.240. The van der Waals surface area contributed by atoms with E-state index in [4.69, 9.17) is 0 Å². The first-order chi connectivity index (χ1) is 16.1. The number of fused-ring (bicyclic) bond motifs is 5. The topological polar surface area (TPSA) is 98.0 Å². The lowest BCUT2D eigenvalue weighted by Crippen LogP contribution is -2.68. The Morgan fingerprint density at radius 2 is 1.71 bits per heavy atom. The maximum Gasteiger partial charge on any atom is 0.137 e. The molecule has 0 spiro atoms. The molecule has 4 N–H and O–H groups in total. The van der Waals surface area contributed by atoms with Crippen molar-refractivity contribution in [3.8, 4) is 0 Å². The molecule has 0 amide bonds. The zero-order valence-electron chi connectivity index (χ0n) is 23.1. The Bertz CT molecular complexity index is 876. The predicted molar refractivity (Wildman–Crippen MR) is 137 cm³/mol. The number of allylic oxidation sites excluding steroid dienone is 2. The first-order valence-electron chi connectivity index (χ1n) is 13.9. The molecule has 35 heavy (non-hydrogen) atoms.